The molecule has 264 valence electrons. The maximum Gasteiger partial charge on any atom is 1.00 e. The average Bonchev–Trinajstić information content (AvgIpc) is 3.06. The Balaban J connectivity index is 0.00000324. The Morgan fingerprint density at radius 3 is 2.13 bits per heavy atom. The van der Waals surface area contributed by atoms with Gasteiger partial charge in [-0.2, -0.15) is 23.7 Å². The van der Waals surface area contributed by atoms with E-state index < -0.39 is 64.5 Å². The summed E-state index contributed by atoms with van der Waals surface area (Å²) >= 11 is 0.396. The molecule has 1 aromatic heterocycles. The molecule has 0 unspecified atom stereocenters. The zero-order chi connectivity index (χ0) is 36.1. The molecule has 5 rings (SSSR count). The molecule has 0 saturated carbocycles. The molecule has 1 aliphatic heterocycles. The number of hydrogen-bond acceptors (Lipinski definition) is 22. The molecule has 0 radical (unpaired) electrons. The summed E-state index contributed by atoms with van der Waals surface area (Å²) in [6.07, 6.45) is -1.07. The van der Waals surface area contributed by atoms with Crippen molar-refractivity contribution in [2.75, 3.05) is 48.0 Å². The first kappa shape index (κ1) is 47.2. The summed E-state index contributed by atoms with van der Waals surface area (Å²) in [5, 5.41) is 32.1. The quantitative estimate of drug-likeness (QED) is 0.0228. The second-order valence-corrected chi connectivity index (χ2v) is 13.1. The van der Waals surface area contributed by atoms with Gasteiger partial charge in [0.05, 0.1) is 51.3 Å². The first-order chi connectivity index (χ1) is 23.7. The molecule has 1 saturated heterocycles. The minimum atomic E-state index is -5.29. The molecular weight excluding hydrogens is 799 g/mol. The molecule has 2 heterocycles. The minimum Gasteiger partial charge on any atom is -0.744 e. The van der Waals surface area contributed by atoms with Gasteiger partial charge in [-0.25, -0.2) is 16.8 Å². The average molecular weight is 820 g/mol. The van der Waals surface area contributed by atoms with Crippen LogP contribution in [-0.2, 0) is 34.3 Å². The second-order valence-electron chi connectivity index (χ2n) is 9.70. The largest absolute Gasteiger partial charge is 1.00 e. The third-order valence-electron chi connectivity index (χ3n) is 6.50. The molecular formula is C25H21FN11Na3O10S3. The monoisotopic (exact) mass is 819 g/mol. The number of nitrogens with zero attached hydrogens (tertiary/aromatic N) is 8. The van der Waals surface area contributed by atoms with Crippen LogP contribution in [0.25, 0.3) is 0 Å². The molecule has 0 spiro atoms. The van der Waals surface area contributed by atoms with Crippen molar-refractivity contribution in [2.45, 2.75) is 14.7 Å². The number of nitrogen functional groups attached to an aromatic ring is 2. The SMILES string of the molecule is Nc1c(N=Nc2ccccc2S(=O)(=O)[O-])cc(S(=O)(=O)[O-])c(N)c1N=Nc1cc(Nc2nc(F)nc(N3CCOCC3)n2)ccc1SOO[O-].[Na+].[Na+].[Na+]. The van der Waals surface area contributed by atoms with Crippen LogP contribution in [0.2, 0.25) is 0 Å². The van der Waals surface area contributed by atoms with Gasteiger partial charge in [0.25, 0.3) is 0 Å². The maximum absolute atomic E-state index is 14.3. The summed E-state index contributed by atoms with van der Waals surface area (Å²) in [4.78, 5) is 11.6. The van der Waals surface area contributed by atoms with Gasteiger partial charge in [-0.15, -0.1) is 20.5 Å². The predicted octanol–water partition coefficient (Wildman–Crippen LogP) is -6.36. The Labute approximate surface area is 371 Å². The van der Waals surface area contributed by atoms with Gasteiger partial charge in [0, 0.05) is 18.8 Å². The summed E-state index contributed by atoms with van der Waals surface area (Å²) < 4.78 is 95.1. The Morgan fingerprint density at radius 1 is 0.830 bits per heavy atom. The van der Waals surface area contributed by atoms with E-state index in [4.69, 9.17) is 16.2 Å². The van der Waals surface area contributed by atoms with Crippen LogP contribution in [0.4, 0.5) is 56.1 Å². The standard InChI is InChI=1S/C25H24FN11O10S3.3Na/c26-23-30-24(32-25(31-23)37-7-9-45-10-8-37)29-13-5-6-17(48-47-46-38)15(11-13)34-36-22-20(27)16(12-19(21(22)28)50(42,43)44)35-33-14-3-1-2-4-18(14)49(39,40)41;;;/h1-6,11-12,38H,7-10,27-28H2,(H,39,40,41)(H,42,43,44)(H,29,30,31,32);;;/q;3*+1/p-3. The number of morpholine rings is 1. The molecule has 0 aliphatic carbocycles. The fraction of sp³-hybridized carbons (Fsp3) is 0.160. The second kappa shape index (κ2) is 20.8. The summed E-state index contributed by atoms with van der Waals surface area (Å²) in [5.41, 5.74) is 9.48. The maximum atomic E-state index is 14.3. The topological polar surface area (TPSA) is 321 Å². The number of nitrogens with one attached hydrogen (secondary N) is 1. The number of anilines is 5. The fourth-order valence-electron chi connectivity index (χ4n) is 4.25. The van der Waals surface area contributed by atoms with Crippen molar-refractivity contribution in [1.29, 1.82) is 0 Å². The Hall–Kier alpha value is -1.99. The van der Waals surface area contributed by atoms with Gasteiger partial charge >= 0.3 is 94.8 Å². The van der Waals surface area contributed by atoms with E-state index in [-0.39, 0.29) is 117 Å². The Bertz CT molecular complexity index is 2210. The third kappa shape index (κ3) is 12.5. The molecule has 0 bridgehead atoms. The van der Waals surface area contributed by atoms with E-state index in [1.807, 2.05) is 0 Å². The van der Waals surface area contributed by atoms with Crippen LogP contribution < -0.4 is 116 Å². The van der Waals surface area contributed by atoms with E-state index in [1.165, 1.54) is 30.3 Å². The number of aromatic nitrogens is 3. The molecule has 4 aromatic rings. The number of nitrogens with two attached hydrogens (primary N) is 2. The van der Waals surface area contributed by atoms with Crippen LogP contribution in [0.1, 0.15) is 0 Å². The van der Waals surface area contributed by atoms with Crippen LogP contribution in [-0.4, -0.2) is 67.2 Å². The van der Waals surface area contributed by atoms with Crippen LogP contribution >= 0.6 is 12.0 Å². The van der Waals surface area contributed by atoms with Gasteiger partial charge < -0.3 is 40.8 Å². The van der Waals surface area contributed by atoms with Crippen molar-refractivity contribution in [3.8, 4) is 0 Å². The van der Waals surface area contributed by atoms with Gasteiger partial charge in [0.15, 0.2) is 0 Å². The fourth-order valence-corrected chi connectivity index (χ4v) is 5.89. The summed E-state index contributed by atoms with van der Waals surface area (Å²) in [6, 6.07) is 9.50. The zero-order valence-electron chi connectivity index (χ0n) is 27.9. The van der Waals surface area contributed by atoms with E-state index in [0.717, 1.165) is 12.1 Å². The van der Waals surface area contributed by atoms with Gasteiger partial charge in [-0.1, -0.05) is 12.1 Å². The van der Waals surface area contributed by atoms with E-state index >= 15 is 0 Å². The smallest absolute Gasteiger partial charge is 0.744 e. The normalized spacial score (nSPS) is 13.3. The first-order valence-corrected chi connectivity index (χ1v) is 17.1. The van der Waals surface area contributed by atoms with Gasteiger partial charge in [-0.05, 0) is 36.4 Å². The molecule has 28 heteroatoms. The van der Waals surface area contributed by atoms with Crippen molar-refractivity contribution in [3.05, 3.63) is 54.6 Å². The van der Waals surface area contributed by atoms with Gasteiger partial charge in [0.1, 0.15) is 43.0 Å². The zero-order valence-corrected chi connectivity index (χ0v) is 36.3. The van der Waals surface area contributed by atoms with Gasteiger partial charge in [0.2, 0.25) is 11.9 Å². The van der Waals surface area contributed by atoms with Crippen LogP contribution in [0.3, 0.4) is 0 Å². The third-order valence-corrected chi connectivity index (χ3v) is 8.91. The number of ether oxygens (including phenoxy) is 1. The van der Waals surface area contributed by atoms with E-state index in [9.17, 15) is 35.6 Å². The van der Waals surface area contributed by atoms with Crippen molar-refractivity contribution in [1.82, 2.24) is 15.0 Å². The molecule has 21 nitrogen and oxygen atoms in total. The van der Waals surface area contributed by atoms with E-state index in [2.05, 4.69) is 50.1 Å². The van der Waals surface area contributed by atoms with Crippen molar-refractivity contribution in [3.63, 3.8) is 0 Å². The number of hydrogen-bond donors (Lipinski definition) is 3. The van der Waals surface area contributed by atoms with Crippen molar-refractivity contribution >= 4 is 84.0 Å². The number of rotatable bonds is 12. The summed E-state index contributed by atoms with van der Waals surface area (Å²) in [7, 11) is -10.3. The summed E-state index contributed by atoms with van der Waals surface area (Å²) in [6.45, 7) is 1.62. The van der Waals surface area contributed by atoms with Crippen LogP contribution in [0.5, 0.6) is 0 Å². The molecule has 0 atom stereocenters. The number of azo groups is 2. The number of halogens is 1. The van der Waals surface area contributed by atoms with Crippen molar-refractivity contribution < 1.29 is 138 Å². The number of benzene rings is 3. The minimum absolute atomic E-state index is 0. The summed E-state index contributed by atoms with van der Waals surface area (Å²) in [5.74, 6) is -0.133. The first-order valence-electron chi connectivity index (χ1n) is 13.6. The molecule has 3 aromatic carbocycles. The predicted molar refractivity (Wildman–Crippen MR) is 167 cm³/mol. The Kier molecular flexibility index (Phi) is 18.5. The van der Waals surface area contributed by atoms with Crippen LogP contribution in [0.15, 0.2) is 83.7 Å². The van der Waals surface area contributed by atoms with Gasteiger partial charge in [-0.3, -0.25) is 5.04 Å². The molecule has 53 heavy (non-hydrogen) atoms. The van der Waals surface area contributed by atoms with Crippen molar-refractivity contribution in [2.24, 2.45) is 20.5 Å². The molecule has 5 N–H and O–H groups in total. The molecule has 1 fully saturated rings. The van der Waals surface area contributed by atoms with E-state index in [1.54, 1.807) is 4.90 Å². The Morgan fingerprint density at radius 2 is 1.47 bits per heavy atom. The molecule has 0 amide bonds. The molecule has 1 aliphatic rings. The van der Waals surface area contributed by atoms with Crippen LogP contribution in [0, 0.1) is 6.08 Å². The van der Waals surface area contributed by atoms with E-state index in [0.29, 0.717) is 44.4 Å².